The molecule has 2 aliphatic rings. The smallest absolute Gasteiger partial charge is 0.281 e. The van der Waals surface area contributed by atoms with Gasteiger partial charge in [0, 0.05) is 49.5 Å². The van der Waals surface area contributed by atoms with Gasteiger partial charge in [-0.1, -0.05) is 17.7 Å². The lowest BCUT2D eigenvalue weighted by molar-refractivity contribution is 0.0979. The fourth-order valence-corrected chi connectivity index (χ4v) is 3.66. The van der Waals surface area contributed by atoms with Gasteiger partial charge in [-0.3, -0.25) is 4.90 Å². The first-order valence-electron chi connectivity index (χ1n) is 7.97. The first-order valence-corrected chi connectivity index (χ1v) is 8.35. The summed E-state index contributed by atoms with van der Waals surface area (Å²) in [7, 11) is 0.564. The average Bonchev–Trinajstić information content (AvgIpc) is 2.96. The number of pyridine rings is 1. The lowest BCUT2D eigenvalue weighted by Gasteiger charge is -2.46. The van der Waals surface area contributed by atoms with Crippen molar-refractivity contribution in [1.29, 1.82) is 0 Å². The zero-order valence-electron chi connectivity index (χ0n) is 12.8. The molecule has 23 heavy (non-hydrogen) atoms. The molecule has 0 aliphatic carbocycles. The number of nitrogens with one attached hydrogen (secondary N) is 1. The number of H-pyrrole nitrogens is 1. The van der Waals surface area contributed by atoms with E-state index in [1.165, 1.54) is 5.57 Å². The van der Waals surface area contributed by atoms with Crippen LogP contribution in [0.1, 0.15) is 12.1 Å². The molecule has 0 radical (unpaired) electrons. The van der Waals surface area contributed by atoms with Gasteiger partial charge in [-0.25, -0.2) is 4.98 Å². The molecule has 0 bridgehead atoms. The van der Waals surface area contributed by atoms with E-state index in [4.69, 9.17) is 11.6 Å². The number of nitrogens with zero attached hydrogens (tertiary/aromatic N) is 3. The second kappa shape index (κ2) is 6.11. The van der Waals surface area contributed by atoms with Gasteiger partial charge in [-0.15, -0.1) is 0 Å². The zero-order chi connectivity index (χ0) is 15.8. The van der Waals surface area contributed by atoms with Crippen LogP contribution in [-0.2, 0) is 4.79 Å². The molecule has 0 aromatic carbocycles. The number of fused-ring (bicyclic) bond motifs is 1. The van der Waals surface area contributed by atoms with E-state index in [0.717, 1.165) is 60.5 Å². The van der Waals surface area contributed by atoms with Gasteiger partial charge in [0.1, 0.15) is 5.65 Å². The third-order valence-corrected chi connectivity index (χ3v) is 5.18. The minimum Gasteiger partial charge on any atom is -0.339 e. The maximum Gasteiger partial charge on any atom is 0.281 e. The highest BCUT2D eigenvalue weighted by molar-refractivity contribution is 6.64. The summed E-state index contributed by atoms with van der Waals surface area (Å²) in [6.45, 7) is 4.04. The van der Waals surface area contributed by atoms with Crippen molar-refractivity contribution < 1.29 is 4.79 Å². The Balaban J connectivity index is 1.45. The van der Waals surface area contributed by atoms with E-state index < -0.39 is 0 Å². The van der Waals surface area contributed by atoms with Crippen molar-refractivity contribution in [2.45, 2.75) is 12.5 Å². The molecule has 0 saturated carbocycles. The minimum absolute atomic E-state index is 0.564. The molecule has 7 heteroatoms. The summed E-state index contributed by atoms with van der Waals surface area (Å²) >= 11 is 6.22. The molecular formula is C16H18BClN4O. The predicted molar refractivity (Wildman–Crippen MR) is 94.5 cm³/mol. The highest BCUT2D eigenvalue weighted by atomic mass is 35.5. The molecule has 2 aliphatic heterocycles. The lowest BCUT2D eigenvalue weighted by atomic mass is 9.87. The molecule has 2 aromatic heterocycles. The Morgan fingerprint density at radius 3 is 3.00 bits per heavy atom. The van der Waals surface area contributed by atoms with E-state index in [-0.39, 0.29) is 0 Å². The van der Waals surface area contributed by atoms with Crippen molar-refractivity contribution in [3.63, 3.8) is 0 Å². The van der Waals surface area contributed by atoms with Crippen LogP contribution in [-0.4, -0.2) is 65.5 Å². The van der Waals surface area contributed by atoms with E-state index in [0.29, 0.717) is 13.5 Å². The Morgan fingerprint density at radius 1 is 1.43 bits per heavy atom. The highest BCUT2D eigenvalue weighted by Crippen LogP contribution is 2.29. The number of aromatic amines is 1. The maximum absolute atomic E-state index is 10.5. The summed E-state index contributed by atoms with van der Waals surface area (Å²) in [5, 5.41) is 1.72. The van der Waals surface area contributed by atoms with Crippen molar-refractivity contribution in [2.75, 3.05) is 26.2 Å². The molecule has 5 nitrogen and oxygen atoms in total. The number of rotatable bonds is 4. The standard InChI is InChI=1S/C16H18BClN4O/c18-14-1-4-19-16-13(14)7-15(20-16)11-2-5-21(6-3-11)12-8-22(9-12)17-10-23/h1-2,4,7,10,12,17H,3,5-6,8-9H2,(H,19,20). The maximum atomic E-state index is 10.5. The normalized spacial score (nSPS) is 20.3. The number of carbonyl (C=O) groups excluding carboxylic acids is 1. The van der Waals surface area contributed by atoms with Gasteiger partial charge < -0.3 is 14.6 Å². The van der Waals surface area contributed by atoms with Crippen LogP contribution in [0.2, 0.25) is 5.02 Å². The molecule has 0 spiro atoms. The Hall–Kier alpha value is -1.63. The number of aromatic nitrogens is 2. The van der Waals surface area contributed by atoms with Gasteiger partial charge >= 0.3 is 0 Å². The van der Waals surface area contributed by atoms with Crippen LogP contribution in [0.4, 0.5) is 0 Å². The Bertz CT molecular complexity index is 769. The van der Waals surface area contributed by atoms with Crippen LogP contribution < -0.4 is 0 Å². The topological polar surface area (TPSA) is 52.2 Å². The molecule has 0 unspecified atom stereocenters. The second-order valence-corrected chi connectivity index (χ2v) is 6.66. The van der Waals surface area contributed by atoms with Gasteiger partial charge in [-0.2, -0.15) is 0 Å². The summed E-state index contributed by atoms with van der Waals surface area (Å²) in [4.78, 5) is 22.9. The molecule has 2 aromatic rings. The zero-order valence-corrected chi connectivity index (χ0v) is 13.6. The largest absolute Gasteiger partial charge is 0.339 e. The van der Waals surface area contributed by atoms with Gasteiger partial charge in [0.15, 0.2) is 0 Å². The van der Waals surface area contributed by atoms with Crippen molar-refractivity contribution in [1.82, 2.24) is 19.7 Å². The number of halogens is 1. The van der Waals surface area contributed by atoms with Crippen LogP contribution in [0.5, 0.6) is 0 Å². The monoisotopic (exact) mass is 328 g/mol. The Morgan fingerprint density at radius 2 is 2.30 bits per heavy atom. The molecule has 1 saturated heterocycles. The van der Waals surface area contributed by atoms with E-state index in [9.17, 15) is 4.79 Å². The summed E-state index contributed by atoms with van der Waals surface area (Å²) in [5.41, 5.74) is 3.30. The van der Waals surface area contributed by atoms with Crippen LogP contribution in [0.25, 0.3) is 16.6 Å². The van der Waals surface area contributed by atoms with E-state index in [1.54, 1.807) is 6.20 Å². The summed E-state index contributed by atoms with van der Waals surface area (Å²) in [6.07, 6.45) is 6.03. The van der Waals surface area contributed by atoms with Crippen LogP contribution in [0.15, 0.2) is 24.4 Å². The van der Waals surface area contributed by atoms with Crippen LogP contribution in [0.3, 0.4) is 0 Å². The number of carbonyl (C=O) groups is 1. The summed E-state index contributed by atoms with van der Waals surface area (Å²) in [6, 6.07) is 4.51. The Kier molecular flexibility index (Phi) is 3.97. The molecular weight excluding hydrogens is 310 g/mol. The second-order valence-electron chi connectivity index (χ2n) is 6.25. The minimum atomic E-state index is 0.564. The van der Waals surface area contributed by atoms with Crippen LogP contribution >= 0.6 is 11.6 Å². The third-order valence-electron chi connectivity index (χ3n) is 4.85. The average molecular weight is 329 g/mol. The van der Waals surface area contributed by atoms with Crippen molar-refractivity contribution in [2.24, 2.45) is 0 Å². The van der Waals surface area contributed by atoms with Gasteiger partial charge in [0.05, 0.1) is 11.2 Å². The third kappa shape index (κ3) is 2.82. The van der Waals surface area contributed by atoms with Gasteiger partial charge in [0.25, 0.3) is 7.41 Å². The molecule has 1 N–H and O–H groups in total. The van der Waals surface area contributed by atoms with Gasteiger partial charge in [-0.05, 0) is 24.1 Å². The molecule has 0 atom stereocenters. The quantitative estimate of drug-likeness (QED) is 0.683. The van der Waals surface area contributed by atoms with Gasteiger partial charge in [0.2, 0.25) is 0 Å². The number of hydrogen-bond donors (Lipinski definition) is 1. The molecule has 4 heterocycles. The molecule has 4 rings (SSSR count). The summed E-state index contributed by atoms with van der Waals surface area (Å²) in [5.74, 6) is 0. The fraction of sp³-hybridized carbons (Fsp3) is 0.375. The van der Waals surface area contributed by atoms with Crippen molar-refractivity contribution in [3.8, 4) is 0 Å². The van der Waals surface area contributed by atoms with E-state index in [2.05, 4.69) is 31.8 Å². The molecule has 1 fully saturated rings. The molecule has 0 amide bonds. The van der Waals surface area contributed by atoms with Crippen molar-refractivity contribution in [3.05, 3.63) is 35.1 Å². The molecule has 118 valence electrons. The van der Waals surface area contributed by atoms with E-state index in [1.807, 2.05) is 6.07 Å². The van der Waals surface area contributed by atoms with Crippen molar-refractivity contribution >= 4 is 41.8 Å². The SMILES string of the molecule is O=CBN1CC(N2CC=C(c3cc4c(Cl)ccnc4[nH]3)CC2)C1. The van der Waals surface area contributed by atoms with E-state index >= 15 is 0 Å². The van der Waals surface area contributed by atoms with Crippen LogP contribution in [0, 0.1) is 0 Å². The lowest BCUT2D eigenvalue weighted by Crippen LogP contribution is -2.61. The highest BCUT2D eigenvalue weighted by Gasteiger charge is 2.32. The number of hydrogen-bond acceptors (Lipinski definition) is 4. The first kappa shape index (κ1) is 14.9. The fourth-order valence-electron chi connectivity index (χ4n) is 3.46. The first-order chi connectivity index (χ1) is 11.2. The summed E-state index contributed by atoms with van der Waals surface area (Å²) < 4.78 is 0. The Labute approximate surface area is 140 Å². The predicted octanol–water partition coefficient (Wildman–Crippen LogP) is 1.53.